The molecule has 2 amide bonds. The molecule has 0 saturated carbocycles. The maximum absolute atomic E-state index is 12.5. The molecule has 1 aliphatic rings. The molecule has 0 bridgehead atoms. The zero-order chi connectivity index (χ0) is 34.7. The predicted octanol–water partition coefficient (Wildman–Crippen LogP) is 5.89. The van der Waals surface area contributed by atoms with Gasteiger partial charge in [-0.15, -0.1) is 5.10 Å². The highest BCUT2D eigenvalue weighted by Crippen LogP contribution is 2.42. The summed E-state index contributed by atoms with van der Waals surface area (Å²) in [6, 6.07) is 12.6. The number of aldehydes is 1. The topological polar surface area (TPSA) is 150 Å². The Kier molecular flexibility index (Phi) is 9.92. The molecular weight excluding hydrogens is 673 g/mol. The van der Waals surface area contributed by atoms with Crippen molar-refractivity contribution in [3.63, 3.8) is 0 Å². The van der Waals surface area contributed by atoms with Gasteiger partial charge in [-0.05, 0) is 24.3 Å². The number of rotatable bonds is 9. The van der Waals surface area contributed by atoms with Crippen LogP contribution in [0.3, 0.4) is 0 Å². The number of piperidine rings is 1. The van der Waals surface area contributed by atoms with Crippen LogP contribution in [0.25, 0.3) is 39.3 Å². The van der Waals surface area contributed by atoms with E-state index in [1.807, 2.05) is 18.2 Å². The highest BCUT2D eigenvalue weighted by atomic mass is 35.5. The van der Waals surface area contributed by atoms with E-state index in [2.05, 4.69) is 25.4 Å². The Labute approximate surface area is 291 Å². The van der Waals surface area contributed by atoms with Crippen molar-refractivity contribution in [2.75, 3.05) is 27.3 Å². The number of benzene rings is 1. The van der Waals surface area contributed by atoms with E-state index in [4.69, 9.17) is 37.4 Å². The molecule has 15 heteroatoms. The van der Waals surface area contributed by atoms with Gasteiger partial charge < -0.3 is 24.4 Å². The second kappa shape index (κ2) is 14.5. The molecule has 0 aliphatic carbocycles. The molecule has 13 nitrogen and oxygen atoms in total. The maximum Gasteiger partial charge on any atom is 0.407 e. The fourth-order valence-corrected chi connectivity index (χ4v) is 6.32. The van der Waals surface area contributed by atoms with Crippen LogP contribution in [0.1, 0.15) is 35.9 Å². The number of aromatic nitrogens is 5. The van der Waals surface area contributed by atoms with Gasteiger partial charge in [0, 0.05) is 73.1 Å². The van der Waals surface area contributed by atoms with Gasteiger partial charge in [0.15, 0.2) is 17.7 Å². The lowest BCUT2D eigenvalue weighted by Crippen LogP contribution is -2.41. The third-order valence-corrected chi connectivity index (χ3v) is 8.98. The number of methoxy groups -OCH3 is 2. The number of carbonyl (C=O) groups is 3. The van der Waals surface area contributed by atoms with Crippen molar-refractivity contribution in [1.29, 1.82) is 0 Å². The molecule has 5 heterocycles. The van der Waals surface area contributed by atoms with Crippen LogP contribution in [0, 0.1) is 0 Å². The number of amides is 2. The van der Waals surface area contributed by atoms with Gasteiger partial charge in [0.05, 0.1) is 42.2 Å². The van der Waals surface area contributed by atoms with Gasteiger partial charge in [0.2, 0.25) is 17.6 Å². The predicted molar refractivity (Wildman–Crippen MR) is 182 cm³/mol. The lowest BCUT2D eigenvalue weighted by atomic mass is 10.00. The van der Waals surface area contributed by atoms with Gasteiger partial charge in [-0.1, -0.05) is 41.4 Å². The van der Waals surface area contributed by atoms with E-state index in [0.29, 0.717) is 98.7 Å². The van der Waals surface area contributed by atoms with E-state index < -0.39 is 6.09 Å². The average molecular weight is 705 g/mol. The molecule has 4 aromatic heterocycles. The van der Waals surface area contributed by atoms with Crippen molar-refractivity contribution in [2.45, 2.75) is 32.4 Å². The molecule has 0 radical (unpaired) electrons. The van der Waals surface area contributed by atoms with Crippen molar-refractivity contribution >= 4 is 47.1 Å². The number of alkyl carbamates (subject to hydrolysis) is 1. The summed E-state index contributed by atoms with van der Waals surface area (Å²) in [6.45, 7) is 2.79. The average Bonchev–Trinajstić information content (AvgIpc) is 3.54. The highest BCUT2D eigenvalue weighted by Gasteiger charge is 2.24. The van der Waals surface area contributed by atoms with Crippen LogP contribution < -0.4 is 14.8 Å². The van der Waals surface area contributed by atoms with E-state index in [1.54, 1.807) is 41.6 Å². The standard InChI is InChI=1S/C34H31Cl2N7O6/c1-19(45)42-13-10-22(11-14-42)49-34(46)38-16-20-7-8-26(39-33(20)48-3)25-6-4-5-23(29(25)35)24-9-12-37-31(30(24)36)21-15-27(47-2)32-40-28(18-44)41-43(32)17-21/h4-9,12,15,17-18,22H,10-11,13-14,16H2,1-3H3,(H,38,46). The molecule has 5 aromatic rings. The molecule has 1 aliphatic heterocycles. The number of nitrogens with one attached hydrogen (secondary N) is 1. The minimum Gasteiger partial charge on any atom is -0.493 e. The van der Waals surface area contributed by atoms with E-state index in [-0.39, 0.29) is 24.4 Å². The molecule has 0 atom stereocenters. The zero-order valence-corrected chi connectivity index (χ0v) is 28.3. The molecular formula is C34H31Cl2N7O6. The summed E-state index contributed by atoms with van der Waals surface area (Å²) in [4.78, 5) is 50.5. The number of carbonyl (C=O) groups excluding carboxylic acids is 3. The zero-order valence-electron chi connectivity index (χ0n) is 26.8. The lowest BCUT2D eigenvalue weighted by Gasteiger charge is -2.30. The highest BCUT2D eigenvalue weighted by molar-refractivity contribution is 6.39. The molecule has 1 N–H and O–H groups in total. The van der Waals surface area contributed by atoms with Crippen LogP contribution in [-0.4, -0.2) is 81.2 Å². The van der Waals surface area contributed by atoms with E-state index in [9.17, 15) is 14.4 Å². The van der Waals surface area contributed by atoms with Crippen LogP contribution in [0.15, 0.2) is 54.9 Å². The molecule has 1 saturated heterocycles. The first kappa shape index (κ1) is 33.6. The second-order valence-corrected chi connectivity index (χ2v) is 11.9. The lowest BCUT2D eigenvalue weighted by molar-refractivity contribution is -0.130. The monoisotopic (exact) mass is 703 g/mol. The Balaban J connectivity index is 1.22. The SMILES string of the molecule is COc1nc(-c2cccc(-c3ccnc(-c4cc(OC)c5nc(C=O)nn5c4)c3Cl)c2Cl)ccc1CNC(=O)OC1CCN(C(C)=O)CC1. The van der Waals surface area contributed by atoms with Crippen molar-refractivity contribution in [3.8, 4) is 45.3 Å². The largest absolute Gasteiger partial charge is 0.493 e. The van der Waals surface area contributed by atoms with Crippen LogP contribution >= 0.6 is 23.2 Å². The fourth-order valence-electron chi connectivity index (χ4n) is 5.67. The molecule has 1 aromatic carbocycles. The molecule has 1 fully saturated rings. The van der Waals surface area contributed by atoms with Crippen molar-refractivity contribution in [1.82, 2.24) is 34.8 Å². The minimum atomic E-state index is -0.554. The number of fused-ring (bicyclic) bond motifs is 1. The number of nitrogens with zero attached hydrogens (tertiary/aromatic N) is 6. The van der Waals surface area contributed by atoms with Gasteiger partial charge in [-0.3, -0.25) is 14.6 Å². The maximum atomic E-state index is 12.5. The summed E-state index contributed by atoms with van der Waals surface area (Å²) in [6.07, 6.45) is 4.22. The van der Waals surface area contributed by atoms with E-state index >= 15 is 0 Å². The number of ether oxygens (including phenoxy) is 3. The van der Waals surface area contributed by atoms with Gasteiger partial charge in [0.25, 0.3) is 0 Å². The van der Waals surface area contributed by atoms with Gasteiger partial charge in [0.1, 0.15) is 6.10 Å². The normalized spacial score (nSPS) is 13.3. The number of halogens is 2. The third kappa shape index (κ3) is 6.99. The smallest absolute Gasteiger partial charge is 0.407 e. The second-order valence-electron chi connectivity index (χ2n) is 11.2. The van der Waals surface area contributed by atoms with Gasteiger partial charge in [-0.25, -0.2) is 19.3 Å². The molecule has 252 valence electrons. The summed E-state index contributed by atoms with van der Waals surface area (Å²) in [5.74, 6) is 0.740. The summed E-state index contributed by atoms with van der Waals surface area (Å²) in [5.41, 5.74) is 4.51. The third-order valence-electron chi connectivity index (χ3n) is 8.19. The van der Waals surface area contributed by atoms with Gasteiger partial charge >= 0.3 is 6.09 Å². The fraction of sp³-hybridized carbons (Fsp3) is 0.265. The van der Waals surface area contributed by atoms with Gasteiger partial charge in [-0.2, -0.15) is 0 Å². The molecule has 0 unspecified atom stereocenters. The Morgan fingerprint density at radius 3 is 2.47 bits per heavy atom. The first-order valence-electron chi connectivity index (χ1n) is 15.3. The molecule has 0 spiro atoms. The van der Waals surface area contributed by atoms with Crippen LogP contribution in [0.5, 0.6) is 11.6 Å². The van der Waals surface area contributed by atoms with E-state index in [1.165, 1.54) is 25.7 Å². The Morgan fingerprint density at radius 2 is 1.76 bits per heavy atom. The van der Waals surface area contributed by atoms with Crippen molar-refractivity contribution < 1.29 is 28.6 Å². The quantitative estimate of drug-likeness (QED) is 0.184. The minimum absolute atomic E-state index is 0.0164. The van der Waals surface area contributed by atoms with Crippen LogP contribution in [0.2, 0.25) is 10.0 Å². The van der Waals surface area contributed by atoms with Crippen molar-refractivity contribution in [3.05, 3.63) is 76.3 Å². The van der Waals surface area contributed by atoms with Crippen LogP contribution in [0.4, 0.5) is 4.79 Å². The molecule has 49 heavy (non-hydrogen) atoms. The first-order valence-corrected chi connectivity index (χ1v) is 16.0. The summed E-state index contributed by atoms with van der Waals surface area (Å²) in [7, 11) is 2.99. The molecule has 6 rings (SSSR count). The summed E-state index contributed by atoms with van der Waals surface area (Å²) in [5, 5.41) is 7.68. The number of hydrogen-bond acceptors (Lipinski definition) is 10. The Hall–Kier alpha value is -5.27. The number of pyridine rings is 3. The Bertz CT molecular complexity index is 2060. The Morgan fingerprint density at radius 1 is 1.00 bits per heavy atom. The summed E-state index contributed by atoms with van der Waals surface area (Å²) >= 11 is 14.0. The first-order chi connectivity index (χ1) is 23.7. The van der Waals surface area contributed by atoms with E-state index in [0.717, 1.165) is 0 Å². The summed E-state index contributed by atoms with van der Waals surface area (Å²) < 4.78 is 18.1. The van der Waals surface area contributed by atoms with Crippen LogP contribution in [-0.2, 0) is 16.1 Å². The van der Waals surface area contributed by atoms with Crippen molar-refractivity contribution in [2.24, 2.45) is 0 Å². The number of likely N-dealkylation sites (tertiary alicyclic amines) is 1. The number of hydrogen-bond donors (Lipinski definition) is 1.